The van der Waals surface area contributed by atoms with Gasteiger partial charge >= 0.3 is 5.97 Å². The van der Waals surface area contributed by atoms with E-state index in [0.717, 1.165) is 27.6 Å². The lowest BCUT2D eigenvalue weighted by atomic mass is 9.98. The number of halogens is 2. The fourth-order valence-electron chi connectivity index (χ4n) is 6.44. The van der Waals surface area contributed by atoms with Crippen LogP contribution in [-0.2, 0) is 32.2 Å². The number of amides is 2. The largest absolute Gasteiger partial charge is 0.460 e. The highest BCUT2D eigenvalue weighted by atomic mass is 35.5. The molecule has 0 bridgehead atoms. The van der Waals surface area contributed by atoms with Crippen LogP contribution in [0.15, 0.2) is 42.7 Å². The van der Waals surface area contributed by atoms with E-state index < -0.39 is 29.7 Å². The number of aromatic nitrogens is 4. The molecule has 1 atom stereocenters. The van der Waals surface area contributed by atoms with Gasteiger partial charge in [-0.15, -0.1) is 0 Å². The number of anilines is 1. The van der Waals surface area contributed by atoms with Gasteiger partial charge in [0.2, 0.25) is 5.91 Å². The number of fused-ring (bicyclic) bond motifs is 2. The normalized spacial score (nSPS) is 17.2. The number of pyridine rings is 2. The van der Waals surface area contributed by atoms with E-state index in [-0.39, 0.29) is 44.3 Å². The van der Waals surface area contributed by atoms with Crippen molar-refractivity contribution in [2.45, 2.75) is 70.4 Å². The summed E-state index contributed by atoms with van der Waals surface area (Å²) in [6.45, 7) is 7.55. The molecule has 0 radical (unpaired) electrons. The molecule has 1 aromatic carbocycles. The molecule has 2 saturated heterocycles. The molecular formula is C35H37ClFN7O5. The number of carbonyl (C=O) groups excluding carboxylic acids is 3. The van der Waals surface area contributed by atoms with Crippen LogP contribution in [0.2, 0.25) is 5.02 Å². The minimum Gasteiger partial charge on any atom is -0.460 e. The summed E-state index contributed by atoms with van der Waals surface area (Å²) in [5.41, 5.74) is 10.0. The molecule has 14 heteroatoms. The summed E-state index contributed by atoms with van der Waals surface area (Å²) in [6.07, 6.45) is 2.63. The van der Waals surface area contributed by atoms with Crippen molar-refractivity contribution in [3.63, 3.8) is 0 Å². The molecule has 4 aromatic rings. The molecule has 7 rings (SSSR count). The van der Waals surface area contributed by atoms with Gasteiger partial charge in [0, 0.05) is 41.6 Å². The zero-order valence-electron chi connectivity index (χ0n) is 27.5. The number of rotatable bonds is 10. The van der Waals surface area contributed by atoms with Crippen LogP contribution in [-0.4, -0.2) is 86.5 Å². The Morgan fingerprint density at radius 3 is 2.57 bits per heavy atom. The van der Waals surface area contributed by atoms with Gasteiger partial charge in [-0.1, -0.05) is 23.7 Å². The maximum atomic E-state index is 13.9. The highest BCUT2D eigenvalue weighted by Crippen LogP contribution is 2.37. The highest BCUT2D eigenvalue weighted by molar-refractivity contribution is 6.33. The van der Waals surface area contributed by atoms with Crippen LogP contribution >= 0.6 is 11.6 Å². The van der Waals surface area contributed by atoms with E-state index in [1.165, 1.54) is 4.90 Å². The van der Waals surface area contributed by atoms with Crippen molar-refractivity contribution < 1.29 is 28.2 Å². The van der Waals surface area contributed by atoms with Crippen LogP contribution in [0.3, 0.4) is 0 Å². The van der Waals surface area contributed by atoms with Crippen LogP contribution in [0, 0.1) is 0 Å². The smallest absolute Gasteiger partial charge is 0.306 e. The van der Waals surface area contributed by atoms with Crippen LogP contribution < -0.4 is 10.6 Å². The van der Waals surface area contributed by atoms with Crippen molar-refractivity contribution in [2.24, 2.45) is 5.73 Å². The molecule has 0 unspecified atom stereocenters. The van der Waals surface area contributed by atoms with Crippen molar-refractivity contribution in [3.05, 3.63) is 70.0 Å². The molecule has 12 nitrogen and oxygen atoms in total. The molecule has 3 aromatic heterocycles. The first-order valence-electron chi connectivity index (χ1n) is 16.3. The SMILES string of the molecule is CC(C)(C)OC(=O)CC[C@@H](C(N)=O)N1Cc2cc(Cn3ncc4c(-c5ncc(C6COC6)cc5Cl)cc(N5CC(F)C5)nc43)ccc2C1=O. The molecule has 256 valence electrons. The lowest BCUT2D eigenvalue weighted by Crippen LogP contribution is -2.48. The average molecular weight is 690 g/mol. The number of primary amides is 1. The number of ether oxygens (including phenoxy) is 2. The topological polar surface area (TPSA) is 146 Å². The second-order valence-corrected chi connectivity index (χ2v) is 14.3. The van der Waals surface area contributed by atoms with Crippen LogP contribution in [0.25, 0.3) is 22.3 Å². The summed E-state index contributed by atoms with van der Waals surface area (Å²) >= 11 is 6.80. The van der Waals surface area contributed by atoms with E-state index in [1.54, 1.807) is 37.7 Å². The first-order chi connectivity index (χ1) is 23.3. The molecule has 2 amide bonds. The quantitative estimate of drug-likeness (QED) is 0.240. The maximum Gasteiger partial charge on any atom is 0.306 e. The molecule has 2 fully saturated rings. The minimum atomic E-state index is -0.964. The second kappa shape index (κ2) is 12.7. The Kier molecular flexibility index (Phi) is 8.52. The number of hydrogen-bond donors (Lipinski definition) is 1. The van der Waals surface area contributed by atoms with E-state index in [0.29, 0.717) is 47.5 Å². The van der Waals surface area contributed by atoms with Gasteiger partial charge in [-0.2, -0.15) is 5.10 Å². The van der Waals surface area contributed by atoms with Gasteiger partial charge in [0.15, 0.2) is 5.65 Å². The molecular weight excluding hydrogens is 653 g/mol. The molecule has 0 saturated carbocycles. The van der Waals surface area contributed by atoms with Gasteiger partial charge < -0.3 is 25.0 Å². The lowest BCUT2D eigenvalue weighted by molar-refractivity contribution is -0.155. The molecule has 2 N–H and O–H groups in total. The van der Waals surface area contributed by atoms with Crippen LogP contribution in [0.5, 0.6) is 0 Å². The average Bonchev–Trinajstić information content (AvgIpc) is 3.53. The van der Waals surface area contributed by atoms with E-state index >= 15 is 0 Å². The summed E-state index contributed by atoms with van der Waals surface area (Å²) < 4.78 is 26.4. The molecule has 6 heterocycles. The Morgan fingerprint density at radius 1 is 1.14 bits per heavy atom. The summed E-state index contributed by atoms with van der Waals surface area (Å²) in [6, 6.07) is 8.31. The monoisotopic (exact) mass is 689 g/mol. The van der Waals surface area contributed by atoms with E-state index in [4.69, 9.17) is 36.8 Å². The number of nitrogens with zero attached hydrogens (tertiary/aromatic N) is 6. The van der Waals surface area contributed by atoms with E-state index in [9.17, 15) is 18.8 Å². The van der Waals surface area contributed by atoms with Crippen molar-refractivity contribution in [3.8, 4) is 11.3 Å². The van der Waals surface area contributed by atoms with Gasteiger partial charge in [-0.3, -0.25) is 19.4 Å². The fourth-order valence-corrected chi connectivity index (χ4v) is 6.72. The van der Waals surface area contributed by atoms with E-state index in [1.807, 2.05) is 35.4 Å². The van der Waals surface area contributed by atoms with E-state index in [2.05, 4.69) is 5.10 Å². The van der Waals surface area contributed by atoms with Gasteiger partial charge in [-0.25, -0.2) is 14.1 Å². The highest BCUT2D eigenvalue weighted by Gasteiger charge is 2.36. The molecule has 0 spiro atoms. The molecule has 49 heavy (non-hydrogen) atoms. The molecule has 3 aliphatic heterocycles. The third-order valence-electron chi connectivity index (χ3n) is 9.06. The number of benzene rings is 1. The maximum absolute atomic E-state index is 13.9. The molecule has 0 aliphatic carbocycles. The number of alkyl halides is 1. The Labute approximate surface area is 287 Å². The predicted molar refractivity (Wildman–Crippen MR) is 180 cm³/mol. The van der Waals surface area contributed by atoms with Crippen molar-refractivity contribution in [1.29, 1.82) is 0 Å². The summed E-state index contributed by atoms with van der Waals surface area (Å²) in [5, 5.41) is 5.91. The minimum absolute atomic E-state index is 0.0522. The number of carbonyl (C=O) groups is 3. The second-order valence-electron chi connectivity index (χ2n) is 13.9. The van der Waals surface area contributed by atoms with Crippen LogP contribution in [0.4, 0.5) is 10.2 Å². The Bertz CT molecular complexity index is 1970. The van der Waals surface area contributed by atoms with Gasteiger partial charge in [0.25, 0.3) is 5.91 Å². The fraction of sp³-hybridized carbons (Fsp3) is 0.429. The Balaban J connectivity index is 1.15. The van der Waals surface area contributed by atoms with Crippen LogP contribution in [0.1, 0.15) is 66.6 Å². The first-order valence-corrected chi connectivity index (χ1v) is 16.7. The standard InChI is InChI=1S/C35H37ClFN7O5/c1-35(2,3)49-30(45)7-6-28(32(38)46)43-14-21-8-19(4-5-24(21)34(43)47)13-44-33-26(12-40-44)25(10-29(41-33)42-15-23(37)16-42)31-27(36)9-20(11-39-31)22-17-48-18-22/h4-5,8-12,22-23,28H,6-7,13-18H2,1-3H3,(H2,38,46)/t28-/m0/s1. The van der Waals surface area contributed by atoms with Crippen molar-refractivity contribution in [2.75, 3.05) is 31.2 Å². The number of hydrogen-bond acceptors (Lipinski definition) is 9. The Morgan fingerprint density at radius 2 is 1.92 bits per heavy atom. The van der Waals surface area contributed by atoms with Gasteiger partial charge in [0.05, 0.1) is 49.8 Å². The molecule has 3 aliphatic rings. The van der Waals surface area contributed by atoms with Gasteiger partial charge in [-0.05, 0) is 62.1 Å². The van der Waals surface area contributed by atoms with Gasteiger partial charge in [0.1, 0.15) is 23.6 Å². The number of esters is 1. The third kappa shape index (κ3) is 6.56. The third-order valence-corrected chi connectivity index (χ3v) is 9.35. The summed E-state index contributed by atoms with van der Waals surface area (Å²) in [4.78, 5) is 51.0. The first kappa shape index (κ1) is 32.9. The Hall–Kier alpha value is -4.62. The predicted octanol–water partition coefficient (Wildman–Crippen LogP) is 4.40. The summed E-state index contributed by atoms with van der Waals surface area (Å²) in [7, 11) is 0. The number of nitrogens with two attached hydrogens (primary N) is 1. The summed E-state index contributed by atoms with van der Waals surface area (Å²) in [5.74, 6) is -0.601. The lowest BCUT2D eigenvalue weighted by Gasteiger charge is -2.35. The zero-order chi connectivity index (χ0) is 34.6. The van der Waals surface area contributed by atoms with Crippen molar-refractivity contribution in [1.82, 2.24) is 24.6 Å². The van der Waals surface area contributed by atoms with Crippen molar-refractivity contribution >= 4 is 46.2 Å². The zero-order valence-corrected chi connectivity index (χ0v) is 28.2.